The van der Waals surface area contributed by atoms with Crippen LogP contribution in [0.5, 0.6) is 0 Å². The molecule has 1 aromatic heterocycles. The van der Waals surface area contributed by atoms with Gasteiger partial charge in [0.2, 0.25) is 5.91 Å². The minimum atomic E-state index is 0.0469. The average molecular weight is 335 g/mol. The Hall–Kier alpha value is -2.69. The summed E-state index contributed by atoms with van der Waals surface area (Å²) in [6.07, 6.45) is 7.19. The van der Waals surface area contributed by atoms with Crippen LogP contribution in [0.15, 0.2) is 48.8 Å². The van der Waals surface area contributed by atoms with E-state index < -0.39 is 0 Å². The summed E-state index contributed by atoms with van der Waals surface area (Å²) >= 11 is 0. The SMILES string of the molecule is O=C1CCCN1c1ccc(C(=O)N(Cc2cccnc2)C2CC2)cc1. The Balaban J connectivity index is 1.51. The maximum absolute atomic E-state index is 13.0. The summed E-state index contributed by atoms with van der Waals surface area (Å²) < 4.78 is 0. The number of hydrogen-bond acceptors (Lipinski definition) is 3. The minimum Gasteiger partial charge on any atom is -0.331 e. The van der Waals surface area contributed by atoms with E-state index in [1.54, 1.807) is 11.1 Å². The van der Waals surface area contributed by atoms with E-state index in [1.807, 2.05) is 47.5 Å². The fourth-order valence-electron chi connectivity index (χ4n) is 3.31. The Kier molecular flexibility index (Phi) is 4.22. The molecule has 25 heavy (non-hydrogen) atoms. The van der Waals surface area contributed by atoms with Gasteiger partial charge >= 0.3 is 0 Å². The van der Waals surface area contributed by atoms with Crippen LogP contribution in [0.1, 0.15) is 41.6 Å². The lowest BCUT2D eigenvalue weighted by Crippen LogP contribution is -2.32. The molecule has 4 rings (SSSR count). The van der Waals surface area contributed by atoms with Gasteiger partial charge in [-0.05, 0) is 55.2 Å². The summed E-state index contributed by atoms with van der Waals surface area (Å²) in [6.45, 7) is 1.35. The lowest BCUT2D eigenvalue weighted by Gasteiger charge is -2.23. The van der Waals surface area contributed by atoms with E-state index in [9.17, 15) is 9.59 Å². The van der Waals surface area contributed by atoms with Crippen molar-refractivity contribution in [1.82, 2.24) is 9.88 Å². The number of rotatable bonds is 5. The zero-order valence-corrected chi connectivity index (χ0v) is 14.1. The van der Waals surface area contributed by atoms with Gasteiger partial charge in [-0.15, -0.1) is 0 Å². The van der Waals surface area contributed by atoms with E-state index >= 15 is 0 Å². The van der Waals surface area contributed by atoms with Gasteiger partial charge in [-0.2, -0.15) is 0 Å². The number of hydrogen-bond donors (Lipinski definition) is 0. The number of pyridine rings is 1. The zero-order valence-electron chi connectivity index (χ0n) is 14.1. The smallest absolute Gasteiger partial charge is 0.254 e. The third-order valence-corrected chi connectivity index (χ3v) is 4.82. The monoisotopic (exact) mass is 335 g/mol. The molecule has 1 aliphatic carbocycles. The largest absolute Gasteiger partial charge is 0.331 e. The van der Waals surface area contributed by atoms with E-state index in [-0.39, 0.29) is 11.8 Å². The van der Waals surface area contributed by atoms with E-state index in [1.165, 1.54) is 0 Å². The van der Waals surface area contributed by atoms with Crippen LogP contribution < -0.4 is 4.90 Å². The normalized spacial score (nSPS) is 17.0. The van der Waals surface area contributed by atoms with E-state index in [0.717, 1.165) is 37.1 Å². The second kappa shape index (κ2) is 6.67. The first-order valence-electron chi connectivity index (χ1n) is 8.83. The fraction of sp³-hybridized carbons (Fsp3) is 0.350. The molecule has 2 aliphatic rings. The van der Waals surface area contributed by atoms with Crippen molar-refractivity contribution in [3.63, 3.8) is 0 Å². The van der Waals surface area contributed by atoms with Crippen LogP contribution in [0, 0.1) is 0 Å². The molecular weight excluding hydrogens is 314 g/mol. The second-order valence-corrected chi connectivity index (χ2v) is 6.72. The van der Waals surface area contributed by atoms with Crippen molar-refractivity contribution >= 4 is 17.5 Å². The number of carbonyl (C=O) groups excluding carboxylic acids is 2. The van der Waals surface area contributed by atoms with Crippen LogP contribution >= 0.6 is 0 Å². The molecule has 2 aromatic rings. The van der Waals surface area contributed by atoms with Crippen LogP contribution in [0.25, 0.3) is 0 Å². The van der Waals surface area contributed by atoms with Gasteiger partial charge in [0.1, 0.15) is 0 Å². The summed E-state index contributed by atoms with van der Waals surface area (Å²) in [5, 5.41) is 0. The molecule has 1 aliphatic heterocycles. The van der Waals surface area contributed by atoms with E-state index in [0.29, 0.717) is 24.6 Å². The molecule has 1 saturated carbocycles. The molecule has 2 heterocycles. The van der Waals surface area contributed by atoms with Gasteiger partial charge in [-0.1, -0.05) is 6.07 Å². The maximum atomic E-state index is 13.0. The van der Waals surface area contributed by atoms with Gasteiger partial charge in [0.05, 0.1) is 0 Å². The van der Waals surface area contributed by atoms with E-state index in [2.05, 4.69) is 4.98 Å². The quantitative estimate of drug-likeness (QED) is 0.844. The summed E-state index contributed by atoms with van der Waals surface area (Å²) in [5.74, 6) is 0.209. The van der Waals surface area contributed by atoms with Gasteiger partial charge in [-0.25, -0.2) is 0 Å². The maximum Gasteiger partial charge on any atom is 0.254 e. The molecule has 2 amide bonds. The number of amides is 2. The van der Waals surface area contributed by atoms with Gasteiger partial charge in [0.15, 0.2) is 0 Å². The first-order chi connectivity index (χ1) is 12.2. The predicted molar refractivity (Wildman–Crippen MR) is 95.2 cm³/mol. The highest BCUT2D eigenvalue weighted by Gasteiger charge is 2.33. The molecule has 5 nitrogen and oxygen atoms in total. The highest BCUT2D eigenvalue weighted by atomic mass is 16.2. The summed E-state index contributed by atoms with van der Waals surface area (Å²) in [4.78, 5) is 32.7. The van der Waals surface area contributed by atoms with Crippen molar-refractivity contribution in [2.75, 3.05) is 11.4 Å². The highest BCUT2D eigenvalue weighted by molar-refractivity contribution is 5.97. The van der Waals surface area contributed by atoms with Crippen molar-refractivity contribution in [3.05, 3.63) is 59.9 Å². The molecule has 0 N–H and O–H groups in total. The van der Waals surface area contributed by atoms with E-state index in [4.69, 9.17) is 0 Å². The molecular formula is C20H21N3O2. The summed E-state index contributed by atoms with van der Waals surface area (Å²) in [6, 6.07) is 11.7. The van der Waals surface area contributed by atoms with Crippen molar-refractivity contribution in [2.24, 2.45) is 0 Å². The Morgan fingerprint density at radius 2 is 2.00 bits per heavy atom. The predicted octanol–water partition coefficient (Wildman–Crippen LogP) is 3.01. The molecule has 0 spiro atoms. The first kappa shape index (κ1) is 15.8. The minimum absolute atomic E-state index is 0.0469. The summed E-state index contributed by atoms with van der Waals surface area (Å²) in [7, 11) is 0. The van der Waals surface area contributed by atoms with Crippen LogP contribution in [-0.2, 0) is 11.3 Å². The first-order valence-corrected chi connectivity index (χ1v) is 8.83. The second-order valence-electron chi connectivity index (χ2n) is 6.72. The van der Waals surface area contributed by atoms with Crippen molar-refractivity contribution in [2.45, 2.75) is 38.3 Å². The Morgan fingerprint density at radius 3 is 2.60 bits per heavy atom. The third-order valence-electron chi connectivity index (χ3n) is 4.82. The molecule has 0 bridgehead atoms. The standard InChI is InChI=1S/C20H21N3O2/c24-19-4-2-12-22(19)17-7-5-16(6-8-17)20(25)23(18-9-10-18)14-15-3-1-11-21-13-15/h1,3,5-8,11,13,18H,2,4,9-10,12,14H2. The molecule has 0 unspecified atom stereocenters. The molecule has 2 fully saturated rings. The zero-order chi connectivity index (χ0) is 17.2. The Labute approximate surface area is 147 Å². The molecule has 1 aromatic carbocycles. The highest BCUT2D eigenvalue weighted by Crippen LogP contribution is 2.30. The molecule has 1 saturated heterocycles. The molecule has 128 valence electrons. The molecule has 5 heteroatoms. The Bertz CT molecular complexity index is 769. The van der Waals surface area contributed by atoms with Crippen molar-refractivity contribution in [1.29, 1.82) is 0 Å². The van der Waals surface area contributed by atoms with Crippen LogP contribution in [0.4, 0.5) is 5.69 Å². The van der Waals surface area contributed by atoms with Gasteiger partial charge < -0.3 is 9.80 Å². The summed E-state index contributed by atoms with van der Waals surface area (Å²) in [5.41, 5.74) is 2.59. The third kappa shape index (κ3) is 3.40. The lowest BCUT2D eigenvalue weighted by molar-refractivity contribution is -0.117. The average Bonchev–Trinajstić information content (AvgIpc) is 3.41. The lowest BCUT2D eigenvalue weighted by atomic mass is 10.1. The van der Waals surface area contributed by atoms with Crippen molar-refractivity contribution < 1.29 is 9.59 Å². The van der Waals surface area contributed by atoms with Crippen LogP contribution in [0.2, 0.25) is 0 Å². The molecule has 0 atom stereocenters. The fourth-order valence-corrected chi connectivity index (χ4v) is 3.31. The number of nitrogens with zero attached hydrogens (tertiary/aromatic N) is 3. The van der Waals surface area contributed by atoms with Gasteiger partial charge in [-0.3, -0.25) is 14.6 Å². The number of carbonyl (C=O) groups is 2. The van der Waals surface area contributed by atoms with Crippen LogP contribution in [-0.4, -0.2) is 34.3 Å². The topological polar surface area (TPSA) is 53.5 Å². The van der Waals surface area contributed by atoms with Crippen LogP contribution in [0.3, 0.4) is 0 Å². The number of benzene rings is 1. The van der Waals surface area contributed by atoms with Gasteiger partial charge in [0.25, 0.3) is 5.91 Å². The van der Waals surface area contributed by atoms with Gasteiger partial charge in [0, 0.05) is 49.2 Å². The number of anilines is 1. The Morgan fingerprint density at radius 1 is 1.20 bits per heavy atom. The molecule has 0 radical (unpaired) electrons. The number of aromatic nitrogens is 1. The van der Waals surface area contributed by atoms with Crippen molar-refractivity contribution in [3.8, 4) is 0 Å².